The Labute approximate surface area is 170 Å². The summed E-state index contributed by atoms with van der Waals surface area (Å²) >= 11 is 5.02. The van der Waals surface area contributed by atoms with E-state index in [4.69, 9.17) is 5.73 Å². The number of carbonyl (C=O) groups is 1. The molecule has 1 aromatic heterocycles. The van der Waals surface area contributed by atoms with Crippen LogP contribution in [-0.4, -0.2) is 5.78 Å². The van der Waals surface area contributed by atoms with E-state index in [0.717, 1.165) is 44.7 Å². The molecule has 1 aromatic carbocycles. The van der Waals surface area contributed by atoms with Crippen molar-refractivity contribution in [2.75, 3.05) is 4.90 Å². The Hall–Kier alpha value is -2.36. The third-order valence-electron chi connectivity index (χ3n) is 5.08. The van der Waals surface area contributed by atoms with Crippen LogP contribution in [0.4, 0.5) is 5.69 Å². The van der Waals surface area contributed by atoms with Crippen molar-refractivity contribution in [3.05, 3.63) is 73.3 Å². The van der Waals surface area contributed by atoms with E-state index in [0.29, 0.717) is 17.8 Å². The van der Waals surface area contributed by atoms with Gasteiger partial charge >= 0.3 is 0 Å². The summed E-state index contributed by atoms with van der Waals surface area (Å²) in [5.74, 6) is 0.156. The molecule has 2 N–H and O–H groups in total. The van der Waals surface area contributed by atoms with E-state index in [-0.39, 0.29) is 11.7 Å². The summed E-state index contributed by atoms with van der Waals surface area (Å²) in [5.41, 5.74) is 10.7. The molecule has 2 aromatic rings. The SMILES string of the molecule is Cc1ccc(N2C(N)=C(C#N)[C@@H](c3cc(Br)cs3)C3=C2CCCC3=O)cc1. The number of nitrogens with zero attached hydrogens (tertiary/aromatic N) is 2. The molecule has 4 nitrogen and oxygen atoms in total. The summed E-state index contributed by atoms with van der Waals surface area (Å²) < 4.78 is 0.949. The lowest BCUT2D eigenvalue weighted by Gasteiger charge is -2.39. The molecule has 6 heteroatoms. The fourth-order valence-electron chi connectivity index (χ4n) is 3.84. The van der Waals surface area contributed by atoms with E-state index in [9.17, 15) is 10.1 Å². The molecule has 0 fully saturated rings. The molecule has 2 aliphatic rings. The summed E-state index contributed by atoms with van der Waals surface area (Å²) in [6, 6.07) is 12.3. The maximum atomic E-state index is 13.0. The minimum Gasteiger partial charge on any atom is -0.384 e. The van der Waals surface area contributed by atoms with E-state index < -0.39 is 0 Å². The zero-order valence-corrected chi connectivity index (χ0v) is 17.2. The predicted molar refractivity (Wildman–Crippen MR) is 111 cm³/mol. The fourth-order valence-corrected chi connectivity index (χ4v) is 5.40. The van der Waals surface area contributed by atoms with Gasteiger partial charge in [0.2, 0.25) is 0 Å². The van der Waals surface area contributed by atoms with Crippen molar-refractivity contribution in [2.45, 2.75) is 32.1 Å². The van der Waals surface area contributed by atoms with Gasteiger partial charge in [-0.05, 0) is 53.9 Å². The number of anilines is 1. The van der Waals surface area contributed by atoms with E-state index >= 15 is 0 Å². The number of rotatable bonds is 2. The van der Waals surface area contributed by atoms with Crippen molar-refractivity contribution < 1.29 is 4.79 Å². The second-order valence-corrected chi connectivity index (χ2v) is 8.68. The number of thiophene rings is 1. The average Bonchev–Trinajstić information content (AvgIpc) is 3.08. The Bertz CT molecular complexity index is 1030. The first-order valence-corrected chi connectivity index (χ1v) is 10.4. The Kier molecular flexibility index (Phi) is 4.67. The number of nitrogens with two attached hydrogens (primary N) is 1. The maximum Gasteiger partial charge on any atom is 0.161 e. The molecule has 0 unspecified atom stereocenters. The Balaban J connectivity index is 1.96. The molecule has 1 aliphatic carbocycles. The van der Waals surface area contributed by atoms with Gasteiger partial charge in [-0.25, -0.2) is 0 Å². The van der Waals surface area contributed by atoms with Gasteiger partial charge in [-0.3, -0.25) is 9.69 Å². The van der Waals surface area contributed by atoms with Crippen molar-refractivity contribution >= 4 is 38.7 Å². The molecule has 4 rings (SSSR count). The minimum absolute atomic E-state index is 0.114. The number of allylic oxidation sites excluding steroid dienone is 3. The lowest BCUT2D eigenvalue weighted by molar-refractivity contribution is -0.116. The van der Waals surface area contributed by atoms with Crippen molar-refractivity contribution in [2.24, 2.45) is 5.73 Å². The zero-order valence-electron chi connectivity index (χ0n) is 14.8. The Morgan fingerprint density at radius 2 is 2.04 bits per heavy atom. The molecule has 1 aliphatic heterocycles. The summed E-state index contributed by atoms with van der Waals surface area (Å²) in [7, 11) is 0. The monoisotopic (exact) mass is 439 g/mol. The molecule has 2 heterocycles. The molecule has 0 saturated heterocycles. The van der Waals surface area contributed by atoms with Gasteiger partial charge in [0, 0.05) is 38.1 Å². The van der Waals surface area contributed by atoms with Crippen molar-refractivity contribution in [1.82, 2.24) is 0 Å². The van der Waals surface area contributed by atoms with E-state index in [1.54, 1.807) is 11.3 Å². The van der Waals surface area contributed by atoms with Crippen LogP contribution in [0.5, 0.6) is 0 Å². The van der Waals surface area contributed by atoms with Gasteiger partial charge in [0.25, 0.3) is 0 Å². The first-order valence-electron chi connectivity index (χ1n) is 8.78. The van der Waals surface area contributed by atoms with E-state index in [1.807, 2.05) is 47.5 Å². The number of nitriles is 1. The quantitative estimate of drug-likeness (QED) is 0.704. The van der Waals surface area contributed by atoms with Gasteiger partial charge in [-0.2, -0.15) is 5.26 Å². The molecule has 1 atom stereocenters. The molecule has 136 valence electrons. The van der Waals surface area contributed by atoms with E-state index in [1.165, 1.54) is 0 Å². The van der Waals surface area contributed by atoms with Crippen LogP contribution in [0.25, 0.3) is 0 Å². The van der Waals surface area contributed by atoms with Crippen LogP contribution in [0.15, 0.2) is 62.8 Å². The second-order valence-electron chi connectivity index (χ2n) is 6.82. The smallest absolute Gasteiger partial charge is 0.161 e. The van der Waals surface area contributed by atoms with Gasteiger partial charge in [0.1, 0.15) is 5.82 Å². The van der Waals surface area contributed by atoms with Gasteiger partial charge in [-0.1, -0.05) is 17.7 Å². The third-order valence-corrected chi connectivity index (χ3v) is 6.84. The summed E-state index contributed by atoms with van der Waals surface area (Å²) in [4.78, 5) is 15.8. The highest BCUT2D eigenvalue weighted by Crippen LogP contribution is 2.47. The number of aryl methyl sites for hydroxylation is 1. The van der Waals surface area contributed by atoms with Gasteiger partial charge in [-0.15, -0.1) is 11.3 Å². The fraction of sp³-hybridized carbons (Fsp3) is 0.238. The summed E-state index contributed by atoms with van der Waals surface area (Å²) in [6.07, 6.45) is 2.09. The first kappa shape index (κ1) is 18.0. The highest BCUT2D eigenvalue weighted by Gasteiger charge is 2.40. The largest absolute Gasteiger partial charge is 0.384 e. The number of hydrogen-bond acceptors (Lipinski definition) is 5. The Morgan fingerprint density at radius 3 is 2.67 bits per heavy atom. The second kappa shape index (κ2) is 6.99. The molecule has 0 spiro atoms. The van der Waals surface area contributed by atoms with Gasteiger partial charge < -0.3 is 5.73 Å². The Morgan fingerprint density at radius 1 is 1.30 bits per heavy atom. The number of ketones is 1. The van der Waals surface area contributed by atoms with Crippen molar-refractivity contribution in [1.29, 1.82) is 5.26 Å². The molecule has 0 saturated carbocycles. The molecular formula is C21H18BrN3OS. The summed E-state index contributed by atoms with van der Waals surface area (Å²) in [6.45, 7) is 2.03. The lowest BCUT2D eigenvalue weighted by Crippen LogP contribution is -2.38. The van der Waals surface area contributed by atoms with Crippen LogP contribution in [0.2, 0.25) is 0 Å². The number of hydrogen-bond donors (Lipinski definition) is 1. The predicted octanol–water partition coefficient (Wildman–Crippen LogP) is 5.12. The number of benzene rings is 1. The van der Waals surface area contributed by atoms with Crippen LogP contribution in [-0.2, 0) is 4.79 Å². The first-order chi connectivity index (χ1) is 13.0. The van der Waals surface area contributed by atoms with Crippen molar-refractivity contribution in [3.8, 4) is 6.07 Å². The third kappa shape index (κ3) is 3.01. The van der Waals surface area contributed by atoms with Crippen LogP contribution in [0.3, 0.4) is 0 Å². The van der Waals surface area contributed by atoms with Crippen LogP contribution < -0.4 is 10.6 Å². The standard InChI is InChI=1S/C21H18BrN3OS/c1-12-5-7-14(8-6-12)25-16-3-2-4-17(26)20(16)19(15(10-23)21(25)24)18-9-13(22)11-27-18/h5-9,11,19H,2-4,24H2,1H3/t19-/m0/s1. The van der Waals surface area contributed by atoms with Crippen LogP contribution in [0.1, 0.15) is 35.6 Å². The van der Waals surface area contributed by atoms with Crippen LogP contribution in [0, 0.1) is 18.3 Å². The highest BCUT2D eigenvalue weighted by atomic mass is 79.9. The number of carbonyl (C=O) groups excluding carboxylic acids is 1. The highest BCUT2D eigenvalue weighted by molar-refractivity contribution is 9.10. The summed E-state index contributed by atoms with van der Waals surface area (Å²) in [5, 5.41) is 11.9. The van der Waals surface area contributed by atoms with E-state index in [2.05, 4.69) is 22.0 Å². The number of Topliss-reactive ketones (excluding diaryl/α,β-unsaturated/α-hetero) is 1. The van der Waals surface area contributed by atoms with Gasteiger partial charge in [0.05, 0.1) is 17.6 Å². The molecule has 0 radical (unpaired) electrons. The molecule has 0 amide bonds. The number of halogens is 1. The minimum atomic E-state index is -0.379. The zero-order chi connectivity index (χ0) is 19.1. The average molecular weight is 440 g/mol. The molecule has 27 heavy (non-hydrogen) atoms. The molecule has 0 bridgehead atoms. The maximum absolute atomic E-state index is 13.0. The topological polar surface area (TPSA) is 70.1 Å². The van der Waals surface area contributed by atoms with Gasteiger partial charge in [0.15, 0.2) is 5.78 Å². The van der Waals surface area contributed by atoms with Crippen molar-refractivity contribution in [3.63, 3.8) is 0 Å². The lowest BCUT2D eigenvalue weighted by atomic mass is 9.78. The normalized spacial score (nSPS) is 20.0. The molecular weight excluding hydrogens is 422 g/mol. The van der Waals surface area contributed by atoms with Crippen LogP contribution >= 0.6 is 27.3 Å².